The molecule has 1 N–H and O–H groups in total. The molecule has 98 valence electrons. The first-order chi connectivity index (χ1) is 9.24. The highest BCUT2D eigenvalue weighted by Gasteiger charge is 2.23. The number of hydrogen-bond acceptors (Lipinski definition) is 2. The standard InChI is InChI=1S/C17H20N2/c1-12-3-4-15-5-6-17(16(15)11-12)19-13(2)14-7-9-18-10-8-14/h3-4,7-11,13,17,19H,5-6H2,1-2H3/t13-,17?/m1/s1. The molecule has 1 aliphatic carbocycles. The molecule has 2 nitrogen and oxygen atoms in total. The number of fused-ring (bicyclic) bond motifs is 1. The first-order valence-corrected chi connectivity index (χ1v) is 6.99. The van der Waals surface area contributed by atoms with Crippen molar-refractivity contribution in [3.05, 3.63) is 65.0 Å². The summed E-state index contributed by atoms with van der Waals surface area (Å²) < 4.78 is 0. The van der Waals surface area contributed by atoms with Crippen LogP contribution in [0, 0.1) is 6.92 Å². The fourth-order valence-electron chi connectivity index (χ4n) is 2.94. The minimum absolute atomic E-state index is 0.361. The second-order valence-corrected chi connectivity index (χ2v) is 5.46. The topological polar surface area (TPSA) is 24.9 Å². The summed E-state index contributed by atoms with van der Waals surface area (Å²) in [5, 5.41) is 3.75. The Morgan fingerprint density at radius 2 is 2.00 bits per heavy atom. The predicted octanol–water partition coefficient (Wildman–Crippen LogP) is 3.73. The van der Waals surface area contributed by atoms with Gasteiger partial charge in [-0.15, -0.1) is 0 Å². The molecule has 0 aliphatic heterocycles. The number of nitrogens with one attached hydrogen (secondary N) is 1. The third kappa shape index (κ3) is 2.54. The Labute approximate surface area is 114 Å². The van der Waals surface area contributed by atoms with Crippen LogP contribution in [0.15, 0.2) is 42.7 Å². The van der Waals surface area contributed by atoms with Gasteiger partial charge in [0.1, 0.15) is 0 Å². The largest absolute Gasteiger partial charge is 0.303 e. The molecule has 2 atom stereocenters. The van der Waals surface area contributed by atoms with Crippen LogP contribution in [0.25, 0.3) is 0 Å². The highest BCUT2D eigenvalue weighted by atomic mass is 15.0. The van der Waals surface area contributed by atoms with Crippen molar-refractivity contribution in [3.8, 4) is 0 Å². The Morgan fingerprint density at radius 1 is 1.21 bits per heavy atom. The molecule has 19 heavy (non-hydrogen) atoms. The molecule has 1 unspecified atom stereocenters. The Hall–Kier alpha value is -1.67. The number of hydrogen-bond donors (Lipinski definition) is 1. The molecule has 2 heteroatoms. The van der Waals surface area contributed by atoms with Crippen molar-refractivity contribution in [2.24, 2.45) is 0 Å². The van der Waals surface area contributed by atoms with E-state index in [1.807, 2.05) is 12.4 Å². The molecule has 2 aromatic rings. The van der Waals surface area contributed by atoms with Gasteiger partial charge in [0.25, 0.3) is 0 Å². The molecule has 3 rings (SSSR count). The molecule has 1 aromatic carbocycles. The molecule has 0 amide bonds. The fourth-order valence-corrected chi connectivity index (χ4v) is 2.94. The molecule has 0 saturated carbocycles. The van der Waals surface area contributed by atoms with Gasteiger partial charge in [-0.1, -0.05) is 23.8 Å². The lowest BCUT2D eigenvalue weighted by Crippen LogP contribution is -2.23. The van der Waals surface area contributed by atoms with Gasteiger partial charge in [-0.05, 0) is 55.5 Å². The lowest BCUT2D eigenvalue weighted by molar-refractivity contribution is 0.464. The minimum Gasteiger partial charge on any atom is -0.303 e. The lowest BCUT2D eigenvalue weighted by Gasteiger charge is -2.21. The van der Waals surface area contributed by atoms with Crippen LogP contribution in [0.3, 0.4) is 0 Å². The van der Waals surface area contributed by atoms with E-state index in [9.17, 15) is 0 Å². The Morgan fingerprint density at radius 3 is 2.79 bits per heavy atom. The molecule has 0 spiro atoms. The highest BCUT2D eigenvalue weighted by Crippen LogP contribution is 2.33. The average Bonchev–Trinajstić information content (AvgIpc) is 2.82. The monoisotopic (exact) mass is 252 g/mol. The van der Waals surface area contributed by atoms with E-state index in [0.717, 1.165) is 0 Å². The minimum atomic E-state index is 0.361. The van der Waals surface area contributed by atoms with E-state index < -0.39 is 0 Å². The number of rotatable bonds is 3. The molecule has 0 saturated heterocycles. The van der Waals surface area contributed by atoms with Crippen molar-refractivity contribution in [2.75, 3.05) is 0 Å². The van der Waals surface area contributed by atoms with Gasteiger partial charge in [0.15, 0.2) is 0 Å². The van der Waals surface area contributed by atoms with Crippen molar-refractivity contribution in [3.63, 3.8) is 0 Å². The number of aryl methyl sites for hydroxylation is 2. The van der Waals surface area contributed by atoms with Crippen LogP contribution in [0.5, 0.6) is 0 Å². The Balaban J connectivity index is 1.78. The van der Waals surface area contributed by atoms with Crippen LogP contribution in [-0.4, -0.2) is 4.98 Å². The van der Waals surface area contributed by atoms with Crippen molar-refractivity contribution in [1.82, 2.24) is 10.3 Å². The Kier molecular flexibility index (Phi) is 3.34. The summed E-state index contributed by atoms with van der Waals surface area (Å²) in [6, 6.07) is 11.8. The maximum Gasteiger partial charge on any atom is 0.0331 e. The van der Waals surface area contributed by atoms with E-state index in [1.54, 1.807) is 0 Å². The van der Waals surface area contributed by atoms with E-state index >= 15 is 0 Å². The van der Waals surface area contributed by atoms with Crippen LogP contribution < -0.4 is 5.32 Å². The first-order valence-electron chi connectivity index (χ1n) is 6.99. The zero-order chi connectivity index (χ0) is 13.2. The third-order valence-corrected chi connectivity index (χ3v) is 4.04. The Bertz CT molecular complexity index is 563. The SMILES string of the molecule is Cc1ccc2c(c1)C(N[C@H](C)c1ccncc1)CC2. The zero-order valence-electron chi connectivity index (χ0n) is 11.6. The van der Waals surface area contributed by atoms with Gasteiger partial charge < -0.3 is 5.32 Å². The van der Waals surface area contributed by atoms with E-state index in [2.05, 4.69) is 54.5 Å². The maximum atomic E-state index is 4.08. The van der Waals surface area contributed by atoms with Crippen molar-refractivity contribution < 1.29 is 0 Å². The molecule has 0 fully saturated rings. The van der Waals surface area contributed by atoms with Gasteiger partial charge in [-0.25, -0.2) is 0 Å². The summed E-state index contributed by atoms with van der Waals surface area (Å²) in [5.74, 6) is 0. The molecular formula is C17H20N2. The van der Waals surface area contributed by atoms with E-state index in [-0.39, 0.29) is 0 Å². The quantitative estimate of drug-likeness (QED) is 0.900. The number of nitrogens with zero attached hydrogens (tertiary/aromatic N) is 1. The van der Waals surface area contributed by atoms with Gasteiger partial charge in [0, 0.05) is 24.5 Å². The molecule has 0 bridgehead atoms. The smallest absolute Gasteiger partial charge is 0.0331 e. The molecule has 1 aliphatic rings. The van der Waals surface area contributed by atoms with Crippen molar-refractivity contribution >= 4 is 0 Å². The lowest BCUT2D eigenvalue weighted by atomic mass is 10.0. The summed E-state index contributed by atoms with van der Waals surface area (Å²) in [7, 11) is 0. The number of aromatic nitrogens is 1. The summed E-state index contributed by atoms with van der Waals surface area (Å²) in [6.45, 7) is 4.39. The average molecular weight is 252 g/mol. The van der Waals surface area contributed by atoms with Gasteiger partial charge in [0.2, 0.25) is 0 Å². The molecule has 1 heterocycles. The summed E-state index contributed by atoms with van der Waals surface area (Å²) >= 11 is 0. The van der Waals surface area contributed by atoms with Crippen LogP contribution in [0.2, 0.25) is 0 Å². The molecule has 1 aromatic heterocycles. The van der Waals surface area contributed by atoms with Crippen LogP contribution in [0.1, 0.15) is 47.7 Å². The zero-order valence-corrected chi connectivity index (χ0v) is 11.6. The van der Waals surface area contributed by atoms with Gasteiger partial charge in [-0.3, -0.25) is 4.98 Å². The second-order valence-electron chi connectivity index (χ2n) is 5.46. The predicted molar refractivity (Wildman–Crippen MR) is 78.0 cm³/mol. The van der Waals surface area contributed by atoms with Crippen LogP contribution >= 0.6 is 0 Å². The van der Waals surface area contributed by atoms with Gasteiger partial charge in [0.05, 0.1) is 0 Å². The molecular weight excluding hydrogens is 232 g/mol. The van der Waals surface area contributed by atoms with Crippen LogP contribution in [-0.2, 0) is 6.42 Å². The number of pyridine rings is 1. The normalized spacial score (nSPS) is 19.2. The summed E-state index contributed by atoms with van der Waals surface area (Å²) in [5.41, 5.74) is 5.64. The van der Waals surface area contributed by atoms with Gasteiger partial charge in [-0.2, -0.15) is 0 Å². The number of benzene rings is 1. The fraction of sp³-hybridized carbons (Fsp3) is 0.353. The van der Waals surface area contributed by atoms with Gasteiger partial charge >= 0.3 is 0 Å². The summed E-state index contributed by atoms with van der Waals surface area (Å²) in [6.07, 6.45) is 6.12. The first kappa shape index (κ1) is 12.4. The molecule has 0 radical (unpaired) electrons. The van der Waals surface area contributed by atoms with Crippen molar-refractivity contribution in [1.29, 1.82) is 0 Å². The van der Waals surface area contributed by atoms with E-state index in [1.165, 1.54) is 35.1 Å². The van der Waals surface area contributed by atoms with E-state index in [4.69, 9.17) is 0 Å². The van der Waals surface area contributed by atoms with E-state index in [0.29, 0.717) is 12.1 Å². The second kappa shape index (κ2) is 5.14. The highest BCUT2D eigenvalue weighted by molar-refractivity contribution is 5.37. The third-order valence-electron chi connectivity index (χ3n) is 4.04. The summed E-state index contributed by atoms with van der Waals surface area (Å²) in [4.78, 5) is 4.08. The van der Waals surface area contributed by atoms with Crippen molar-refractivity contribution in [2.45, 2.75) is 38.8 Å². The van der Waals surface area contributed by atoms with Crippen LogP contribution in [0.4, 0.5) is 0 Å². The maximum absolute atomic E-state index is 4.08.